The second kappa shape index (κ2) is 5.06. The second-order valence-corrected chi connectivity index (χ2v) is 3.68. The van der Waals surface area contributed by atoms with Gasteiger partial charge in [0, 0.05) is 18.4 Å². The Hall–Kier alpha value is -1.18. The third-order valence-electron chi connectivity index (χ3n) is 1.35. The smallest absolute Gasteiger partial charge is 0.369 e. The molecule has 1 aromatic heterocycles. The number of rotatable bonds is 4. The van der Waals surface area contributed by atoms with Crippen LogP contribution in [-0.2, 0) is 0 Å². The van der Waals surface area contributed by atoms with Gasteiger partial charge in [-0.3, -0.25) is 4.79 Å². The van der Waals surface area contributed by atoms with Crippen molar-refractivity contribution in [2.45, 2.75) is 5.51 Å². The largest absolute Gasteiger partial charge is 0.441 e. The molecule has 0 aliphatic carbocycles. The molecule has 1 aromatic rings. The number of hydrogen-bond donors (Lipinski definition) is 2. The number of aromatic amines is 1. The topological polar surface area (TPSA) is 57.8 Å². The Morgan fingerprint density at radius 2 is 2.27 bits per heavy atom. The average Bonchev–Trinajstić information content (AvgIpc) is 2.11. The third-order valence-corrected chi connectivity index (χ3v) is 2.09. The first-order valence-electron chi connectivity index (χ1n) is 3.97. The normalized spacial score (nSPS) is 11.4. The van der Waals surface area contributed by atoms with E-state index in [0.717, 1.165) is 0 Å². The molecule has 0 aromatic carbocycles. The van der Waals surface area contributed by atoms with Gasteiger partial charge in [-0.05, 0) is 11.8 Å². The lowest BCUT2D eigenvalue weighted by molar-refractivity contribution is -0.0327. The molecule has 0 bridgehead atoms. The number of H-pyrrole nitrogens is 1. The van der Waals surface area contributed by atoms with Gasteiger partial charge in [-0.1, -0.05) is 0 Å². The molecule has 4 nitrogen and oxygen atoms in total. The van der Waals surface area contributed by atoms with Crippen molar-refractivity contribution >= 4 is 17.6 Å². The minimum absolute atomic E-state index is 0.0978. The van der Waals surface area contributed by atoms with Crippen LogP contribution in [0.2, 0.25) is 0 Å². The van der Waals surface area contributed by atoms with Crippen LogP contribution in [0.3, 0.4) is 0 Å². The number of halogens is 3. The van der Waals surface area contributed by atoms with Crippen molar-refractivity contribution in [1.82, 2.24) is 9.97 Å². The third kappa shape index (κ3) is 5.31. The van der Waals surface area contributed by atoms with Crippen LogP contribution < -0.4 is 10.9 Å². The van der Waals surface area contributed by atoms with E-state index < -0.39 is 5.51 Å². The molecule has 1 heterocycles. The highest BCUT2D eigenvalue weighted by molar-refractivity contribution is 8.00. The van der Waals surface area contributed by atoms with E-state index in [1.54, 1.807) is 0 Å². The molecule has 0 saturated carbocycles. The predicted molar refractivity (Wildman–Crippen MR) is 51.9 cm³/mol. The number of anilines is 1. The van der Waals surface area contributed by atoms with Crippen LogP contribution in [0.15, 0.2) is 17.2 Å². The number of nitrogens with one attached hydrogen (secondary N) is 2. The second-order valence-electron chi connectivity index (χ2n) is 2.52. The summed E-state index contributed by atoms with van der Waals surface area (Å²) in [5.41, 5.74) is -4.57. The molecule has 0 atom stereocenters. The summed E-state index contributed by atoms with van der Waals surface area (Å²) in [7, 11) is 0. The van der Waals surface area contributed by atoms with Crippen molar-refractivity contribution in [3.63, 3.8) is 0 Å². The highest BCUT2D eigenvalue weighted by Crippen LogP contribution is 2.29. The number of hydrogen-bond acceptors (Lipinski definition) is 4. The molecule has 8 heteroatoms. The van der Waals surface area contributed by atoms with E-state index in [4.69, 9.17) is 0 Å². The quantitative estimate of drug-likeness (QED) is 0.780. The van der Waals surface area contributed by atoms with Crippen molar-refractivity contribution in [2.75, 3.05) is 17.6 Å². The molecular weight excluding hydrogens is 231 g/mol. The molecule has 0 amide bonds. The monoisotopic (exact) mass is 239 g/mol. The van der Waals surface area contributed by atoms with Gasteiger partial charge in [-0.25, -0.2) is 4.98 Å². The summed E-state index contributed by atoms with van der Waals surface area (Å²) < 4.78 is 35.1. The van der Waals surface area contributed by atoms with E-state index in [2.05, 4.69) is 15.3 Å². The minimum Gasteiger partial charge on any atom is -0.369 e. The highest BCUT2D eigenvalue weighted by Gasteiger charge is 2.27. The van der Waals surface area contributed by atoms with Crippen molar-refractivity contribution in [3.05, 3.63) is 22.7 Å². The average molecular weight is 239 g/mol. The van der Waals surface area contributed by atoms with Crippen molar-refractivity contribution < 1.29 is 13.2 Å². The fourth-order valence-electron chi connectivity index (χ4n) is 0.811. The molecule has 15 heavy (non-hydrogen) atoms. The summed E-state index contributed by atoms with van der Waals surface area (Å²) in [6.07, 6.45) is 1.18. The van der Waals surface area contributed by atoms with Gasteiger partial charge in [0.2, 0.25) is 0 Å². The van der Waals surface area contributed by atoms with E-state index in [-0.39, 0.29) is 35.4 Å². The Morgan fingerprint density at radius 3 is 2.87 bits per heavy atom. The Kier molecular flexibility index (Phi) is 4.01. The van der Waals surface area contributed by atoms with E-state index in [1.807, 2.05) is 0 Å². The Bertz CT molecular complexity index is 365. The molecule has 1 rings (SSSR count). The Balaban J connectivity index is 2.29. The number of aromatic nitrogens is 2. The molecule has 0 aliphatic heterocycles. The van der Waals surface area contributed by atoms with Crippen molar-refractivity contribution in [1.29, 1.82) is 0 Å². The van der Waals surface area contributed by atoms with Crippen LogP contribution in [0, 0.1) is 0 Å². The van der Waals surface area contributed by atoms with Crippen LogP contribution in [0.4, 0.5) is 19.0 Å². The van der Waals surface area contributed by atoms with Crippen LogP contribution in [0.1, 0.15) is 0 Å². The predicted octanol–water partition coefficient (Wildman–Crippen LogP) is 1.43. The van der Waals surface area contributed by atoms with Gasteiger partial charge in [0.05, 0.1) is 6.33 Å². The summed E-state index contributed by atoms with van der Waals surface area (Å²) in [5.74, 6) is 0.138. The first kappa shape index (κ1) is 11.9. The molecule has 0 saturated heterocycles. The lowest BCUT2D eigenvalue weighted by Crippen LogP contribution is -2.13. The standard InChI is InChI=1S/C7H8F3N3OS/c8-7(9,10)15-2-1-11-5-3-6(14)13-4-12-5/h3-4H,1-2H2,(H2,11,12,13,14). The number of nitrogens with zero attached hydrogens (tertiary/aromatic N) is 1. The van der Waals surface area contributed by atoms with E-state index in [0.29, 0.717) is 0 Å². The van der Waals surface area contributed by atoms with Crippen molar-refractivity contribution in [3.8, 4) is 0 Å². The zero-order valence-electron chi connectivity index (χ0n) is 7.47. The van der Waals surface area contributed by atoms with E-state index >= 15 is 0 Å². The lowest BCUT2D eigenvalue weighted by Gasteiger charge is -2.06. The summed E-state index contributed by atoms with van der Waals surface area (Å²) in [4.78, 5) is 16.8. The summed E-state index contributed by atoms with van der Waals surface area (Å²) in [5, 5.41) is 2.61. The highest BCUT2D eigenvalue weighted by atomic mass is 32.2. The van der Waals surface area contributed by atoms with E-state index in [9.17, 15) is 18.0 Å². The SMILES string of the molecule is O=c1cc(NCCSC(F)(F)F)nc[nH]1. The maximum absolute atomic E-state index is 11.7. The summed E-state index contributed by atoms with van der Waals surface area (Å²) in [6.45, 7) is 0.0978. The van der Waals surface area contributed by atoms with Gasteiger partial charge in [0.1, 0.15) is 5.82 Å². The first-order chi connectivity index (χ1) is 6.97. The molecular formula is C7H8F3N3OS. The molecule has 2 N–H and O–H groups in total. The van der Waals surface area contributed by atoms with Crippen molar-refractivity contribution in [2.24, 2.45) is 0 Å². The molecule has 0 spiro atoms. The molecule has 0 unspecified atom stereocenters. The van der Waals surface area contributed by atoms with Gasteiger partial charge in [-0.2, -0.15) is 13.2 Å². The first-order valence-corrected chi connectivity index (χ1v) is 4.95. The molecule has 0 aliphatic rings. The molecule has 0 fully saturated rings. The minimum atomic E-state index is -4.22. The lowest BCUT2D eigenvalue weighted by atomic mass is 10.5. The summed E-state index contributed by atoms with van der Waals surface area (Å²) >= 11 is -0.119. The molecule has 0 radical (unpaired) electrons. The van der Waals surface area contributed by atoms with Gasteiger partial charge in [-0.15, -0.1) is 0 Å². The van der Waals surface area contributed by atoms with Gasteiger partial charge in [0.15, 0.2) is 0 Å². The van der Waals surface area contributed by atoms with Crippen LogP contribution in [-0.4, -0.2) is 27.8 Å². The van der Waals surface area contributed by atoms with E-state index in [1.165, 1.54) is 12.4 Å². The Labute approximate surface area is 87.3 Å². The summed E-state index contributed by atoms with van der Waals surface area (Å²) in [6, 6.07) is 1.18. The maximum atomic E-state index is 11.7. The van der Waals surface area contributed by atoms with Gasteiger partial charge >= 0.3 is 5.51 Å². The Morgan fingerprint density at radius 1 is 1.53 bits per heavy atom. The van der Waals surface area contributed by atoms with Crippen LogP contribution in [0.5, 0.6) is 0 Å². The maximum Gasteiger partial charge on any atom is 0.441 e. The fraction of sp³-hybridized carbons (Fsp3) is 0.429. The van der Waals surface area contributed by atoms with Crippen LogP contribution in [0.25, 0.3) is 0 Å². The van der Waals surface area contributed by atoms with Gasteiger partial charge in [0.25, 0.3) is 5.56 Å². The van der Waals surface area contributed by atoms with Gasteiger partial charge < -0.3 is 10.3 Å². The zero-order chi connectivity index (χ0) is 11.3. The van der Waals surface area contributed by atoms with Crippen LogP contribution >= 0.6 is 11.8 Å². The fourth-order valence-corrected chi connectivity index (χ4v) is 1.25. The number of thioether (sulfide) groups is 1. The number of alkyl halides is 3. The molecule has 84 valence electrons. The zero-order valence-corrected chi connectivity index (χ0v) is 8.28.